The maximum absolute atomic E-state index is 14.8. The molecule has 40 heavy (non-hydrogen) atoms. The lowest BCUT2D eigenvalue weighted by Gasteiger charge is -2.34. The van der Waals surface area contributed by atoms with E-state index in [0.717, 1.165) is 76.6 Å². The van der Waals surface area contributed by atoms with Crippen molar-refractivity contribution in [3.8, 4) is 0 Å². The summed E-state index contributed by atoms with van der Waals surface area (Å²) < 4.78 is 0. The molecule has 2 saturated carbocycles. The van der Waals surface area contributed by atoms with E-state index in [-0.39, 0.29) is 5.78 Å². The van der Waals surface area contributed by atoms with E-state index >= 15 is 0 Å². The van der Waals surface area contributed by atoms with E-state index in [1.54, 1.807) is 0 Å². The second-order valence-corrected chi connectivity index (χ2v) is 13.2. The van der Waals surface area contributed by atoms with E-state index in [4.69, 9.17) is 0 Å². The van der Waals surface area contributed by atoms with Gasteiger partial charge in [0.05, 0.1) is 0 Å². The molecule has 216 valence electrons. The molecule has 6 rings (SSSR count). The lowest BCUT2D eigenvalue weighted by Crippen LogP contribution is -2.44. The fraction of sp³-hybridized carbons (Fsp3) is 0.629. The van der Waals surface area contributed by atoms with Gasteiger partial charge >= 0.3 is 0 Å². The van der Waals surface area contributed by atoms with Crippen molar-refractivity contribution in [2.75, 3.05) is 66.5 Å². The van der Waals surface area contributed by atoms with Crippen LogP contribution in [0.3, 0.4) is 0 Å². The van der Waals surface area contributed by atoms with E-state index in [1.807, 2.05) is 0 Å². The quantitative estimate of drug-likeness (QED) is 0.398. The molecule has 2 aliphatic carbocycles. The molecule has 0 unspecified atom stereocenters. The van der Waals surface area contributed by atoms with E-state index in [0.29, 0.717) is 11.8 Å². The van der Waals surface area contributed by atoms with Gasteiger partial charge in [-0.3, -0.25) is 14.6 Å². The van der Waals surface area contributed by atoms with E-state index in [2.05, 4.69) is 70.1 Å². The zero-order valence-electron chi connectivity index (χ0n) is 25.0. The van der Waals surface area contributed by atoms with Crippen molar-refractivity contribution in [3.63, 3.8) is 0 Å². The third-order valence-corrected chi connectivity index (χ3v) is 10.5. The van der Waals surface area contributed by atoms with Crippen molar-refractivity contribution >= 4 is 5.78 Å². The molecular formula is C35H50N4O. The van der Waals surface area contributed by atoms with Crippen molar-refractivity contribution in [1.29, 1.82) is 0 Å². The van der Waals surface area contributed by atoms with Gasteiger partial charge in [-0.15, -0.1) is 0 Å². The van der Waals surface area contributed by atoms with Crippen LogP contribution in [0, 0.1) is 0 Å². The SMILES string of the molecule is CN1CCN(Cc2c(C(=O)c3cccc(C4CCCC4)c3CN3CCN(C)CC3)cccc2C2CCCC2)CC1. The van der Waals surface area contributed by atoms with Crippen molar-refractivity contribution in [3.05, 3.63) is 69.8 Å². The van der Waals surface area contributed by atoms with Crippen LogP contribution in [0.4, 0.5) is 0 Å². The minimum Gasteiger partial charge on any atom is -0.304 e. The van der Waals surface area contributed by atoms with Crippen LogP contribution in [0.15, 0.2) is 36.4 Å². The van der Waals surface area contributed by atoms with Crippen molar-refractivity contribution in [2.24, 2.45) is 0 Å². The van der Waals surface area contributed by atoms with Crippen molar-refractivity contribution < 1.29 is 4.79 Å². The van der Waals surface area contributed by atoms with Crippen LogP contribution in [0.25, 0.3) is 0 Å². The van der Waals surface area contributed by atoms with Crippen LogP contribution in [-0.2, 0) is 13.1 Å². The number of nitrogens with zero attached hydrogens (tertiary/aromatic N) is 4. The summed E-state index contributed by atoms with van der Waals surface area (Å²) in [4.78, 5) is 24.8. The maximum Gasteiger partial charge on any atom is 0.193 e. The van der Waals surface area contributed by atoms with E-state index in [1.165, 1.54) is 73.6 Å². The molecule has 0 atom stereocenters. The Hall–Kier alpha value is -2.05. The second-order valence-electron chi connectivity index (χ2n) is 13.2. The zero-order chi connectivity index (χ0) is 27.5. The molecule has 0 aromatic heterocycles. The molecular weight excluding hydrogens is 492 g/mol. The Morgan fingerprint density at radius 1 is 0.600 bits per heavy atom. The van der Waals surface area contributed by atoms with Gasteiger partial charge in [0.25, 0.3) is 0 Å². The van der Waals surface area contributed by atoms with Gasteiger partial charge in [0, 0.05) is 76.6 Å². The van der Waals surface area contributed by atoms with Crippen molar-refractivity contribution in [1.82, 2.24) is 19.6 Å². The Morgan fingerprint density at radius 3 is 1.35 bits per heavy atom. The lowest BCUT2D eigenvalue weighted by molar-refractivity contribution is 0.103. The summed E-state index contributed by atoms with van der Waals surface area (Å²) in [5.41, 5.74) is 7.48. The van der Waals surface area contributed by atoms with Crippen molar-refractivity contribution in [2.45, 2.75) is 76.3 Å². The lowest BCUT2D eigenvalue weighted by atomic mass is 9.84. The van der Waals surface area contributed by atoms with Crippen LogP contribution < -0.4 is 0 Å². The Labute approximate surface area is 242 Å². The smallest absolute Gasteiger partial charge is 0.193 e. The number of hydrogen-bond donors (Lipinski definition) is 0. The number of carbonyl (C=O) groups is 1. The Kier molecular flexibility index (Phi) is 9.03. The number of rotatable bonds is 8. The van der Waals surface area contributed by atoms with Gasteiger partial charge in [-0.05, 0) is 73.9 Å². The number of piperazine rings is 2. The highest BCUT2D eigenvalue weighted by Crippen LogP contribution is 2.40. The molecule has 4 fully saturated rings. The molecule has 2 aromatic carbocycles. The minimum atomic E-state index is 0.257. The standard InChI is InChI=1S/C35H50N4O/c1-36-17-21-38(22-18-36)25-33-29(27-9-3-4-10-27)13-7-15-31(33)35(40)32-16-8-14-30(28-11-5-6-12-28)34(32)26-39-23-19-37(2)20-24-39/h7-8,13-16,27-28H,3-6,9-12,17-26H2,1-2H3. The molecule has 0 amide bonds. The topological polar surface area (TPSA) is 30.0 Å². The Balaban J connectivity index is 1.38. The normalized spacial score (nSPS) is 22.9. The van der Waals surface area contributed by atoms with Gasteiger partial charge in [-0.25, -0.2) is 0 Å². The first-order chi connectivity index (χ1) is 19.6. The third-order valence-electron chi connectivity index (χ3n) is 10.5. The largest absolute Gasteiger partial charge is 0.304 e. The third kappa shape index (κ3) is 6.23. The highest BCUT2D eigenvalue weighted by molar-refractivity contribution is 6.11. The molecule has 2 aliphatic heterocycles. The van der Waals surface area contributed by atoms with Gasteiger partial charge in [0.15, 0.2) is 5.78 Å². The summed E-state index contributed by atoms with van der Waals surface area (Å²) in [6.07, 6.45) is 10.3. The molecule has 2 saturated heterocycles. The monoisotopic (exact) mass is 542 g/mol. The summed E-state index contributed by atoms with van der Waals surface area (Å²) in [5.74, 6) is 1.46. The predicted octanol–water partition coefficient (Wildman–Crippen LogP) is 5.73. The maximum atomic E-state index is 14.8. The summed E-state index contributed by atoms with van der Waals surface area (Å²) in [6.45, 7) is 10.5. The molecule has 2 aromatic rings. The van der Waals surface area contributed by atoms with Gasteiger partial charge in [0.1, 0.15) is 0 Å². The zero-order valence-corrected chi connectivity index (χ0v) is 25.0. The number of benzene rings is 2. The highest BCUT2D eigenvalue weighted by Gasteiger charge is 2.29. The number of carbonyl (C=O) groups excluding carboxylic acids is 1. The van der Waals surface area contributed by atoms with Gasteiger partial charge in [0.2, 0.25) is 0 Å². The van der Waals surface area contributed by atoms with Crippen LogP contribution in [0.2, 0.25) is 0 Å². The van der Waals surface area contributed by atoms with Gasteiger partial charge in [-0.2, -0.15) is 0 Å². The summed E-state index contributed by atoms with van der Waals surface area (Å²) >= 11 is 0. The molecule has 0 bridgehead atoms. The number of likely N-dealkylation sites (N-methyl/N-ethyl adjacent to an activating group) is 2. The summed E-state index contributed by atoms with van der Waals surface area (Å²) in [6, 6.07) is 13.3. The number of ketones is 1. The molecule has 5 nitrogen and oxygen atoms in total. The first kappa shape index (κ1) is 28.1. The fourth-order valence-corrected chi connectivity index (χ4v) is 7.83. The molecule has 5 heteroatoms. The molecule has 4 aliphatic rings. The first-order valence-electron chi connectivity index (χ1n) is 16.2. The second kappa shape index (κ2) is 12.9. The number of hydrogen-bond acceptors (Lipinski definition) is 5. The average molecular weight is 543 g/mol. The Morgan fingerprint density at radius 2 is 0.975 bits per heavy atom. The molecule has 0 N–H and O–H groups in total. The van der Waals surface area contributed by atoms with Crippen LogP contribution >= 0.6 is 0 Å². The van der Waals surface area contributed by atoms with E-state index < -0.39 is 0 Å². The molecule has 0 radical (unpaired) electrons. The predicted molar refractivity (Wildman–Crippen MR) is 164 cm³/mol. The minimum absolute atomic E-state index is 0.257. The van der Waals surface area contributed by atoms with Crippen LogP contribution in [-0.4, -0.2) is 91.8 Å². The average Bonchev–Trinajstić information content (AvgIpc) is 3.71. The molecule has 2 heterocycles. The Bertz CT molecular complexity index is 1060. The van der Waals surface area contributed by atoms with Crippen LogP contribution in [0.5, 0.6) is 0 Å². The van der Waals surface area contributed by atoms with Gasteiger partial charge in [-0.1, -0.05) is 62.1 Å². The summed E-state index contributed by atoms with van der Waals surface area (Å²) in [7, 11) is 4.44. The molecule has 0 spiro atoms. The highest BCUT2D eigenvalue weighted by atomic mass is 16.1. The fourth-order valence-electron chi connectivity index (χ4n) is 7.83. The van der Waals surface area contributed by atoms with Crippen LogP contribution in [0.1, 0.15) is 101 Å². The van der Waals surface area contributed by atoms with E-state index in [9.17, 15) is 4.79 Å². The summed E-state index contributed by atoms with van der Waals surface area (Å²) in [5, 5.41) is 0. The van der Waals surface area contributed by atoms with Gasteiger partial charge < -0.3 is 9.80 Å². The first-order valence-corrected chi connectivity index (χ1v) is 16.2.